The van der Waals surface area contributed by atoms with Crippen molar-refractivity contribution in [3.8, 4) is 0 Å². The van der Waals surface area contributed by atoms with Gasteiger partial charge in [0.05, 0.1) is 0 Å². The number of hydrogen-bond acceptors (Lipinski definition) is 2. The lowest BCUT2D eigenvalue weighted by molar-refractivity contribution is 0.416. The minimum absolute atomic E-state index is 0. The van der Waals surface area contributed by atoms with Crippen molar-refractivity contribution < 1.29 is 0 Å². The molecule has 0 radical (unpaired) electrons. The number of piperazine rings is 1. The van der Waals surface area contributed by atoms with Crippen LogP contribution < -0.4 is 4.90 Å². The Bertz CT molecular complexity index is 258. The first-order valence-electron chi connectivity index (χ1n) is 4.57. The molecule has 1 aromatic rings. The van der Waals surface area contributed by atoms with Crippen LogP contribution in [-0.4, -0.2) is 30.6 Å². The van der Waals surface area contributed by atoms with Gasteiger partial charge in [0.2, 0.25) is 0 Å². The molecule has 0 bridgehead atoms. The summed E-state index contributed by atoms with van der Waals surface area (Å²) in [6.45, 7) is 3.92. The molecule has 1 fully saturated rings. The molecule has 0 spiro atoms. The Morgan fingerprint density at radius 2 is 1.50 bits per heavy atom. The van der Waals surface area contributed by atoms with Gasteiger partial charge in [-0.15, -0.1) is 12.4 Å². The van der Waals surface area contributed by atoms with Crippen molar-refractivity contribution in [1.82, 2.24) is 4.42 Å². The lowest BCUT2D eigenvalue weighted by Crippen LogP contribution is -2.42. The summed E-state index contributed by atoms with van der Waals surface area (Å²) in [6.07, 6.45) is 0. The summed E-state index contributed by atoms with van der Waals surface area (Å²) in [5.74, 6) is 0. The van der Waals surface area contributed by atoms with E-state index in [1.54, 1.807) is 0 Å². The van der Waals surface area contributed by atoms with E-state index < -0.39 is 0 Å². The second kappa shape index (κ2) is 5.44. The van der Waals surface area contributed by atoms with E-state index in [9.17, 15) is 0 Å². The molecule has 0 aromatic heterocycles. The number of hydrogen-bond donors (Lipinski definition) is 0. The van der Waals surface area contributed by atoms with Crippen molar-refractivity contribution in [2.24, 2.45) is 0 Å². The summed E-state index contributed by atoms with van der Waals surface area (Å²) in [7, 11) is 0. The predicted octanol–water partition coefficient (Wildman–Crippen LogP) is 2.38. The van der Waals surface area contributed by atoms with E-state index in [0.717, 1.165) is 26.2 Å². The van der Waals surface area contributed by atoms with Gasteiger partial charge in [-0.3, -0.25) is 0 Å². The lowest BCUT2D eigenvalue weighted by atomic mass is 10.2. The van der Waals surface area contributed by atoms with Gasteiger partial charge in [0.25, 0.3) is 0 Å². The van der Waals surface area contributed by atoms with E-state index in [1.165, 1.54) is 5.69 Å². The fraction of sp³-hybridized carbons (Fsp3) is 0.400. The summed E-state index contributed by atoms with van der Waals surface area (Å²) < 4.78 is 1.85. The van der Waals surface area contributed by atoms with Gasteiger partial charge in [-0.25, -0.2) is 4.42 Å². The van der Waals surface area contributed by atoms with E-state index in [0.29, 0.717) is 0 Å². The minimum atomic E-state index is 0. The number of anilines is 1. The van der Waals surface area contributed by atoms with Gasteiger partial charge in [0, 0.05) is 31.9 Å². The van der Waals surface area contributed by atoms with Gasteiger partial charge in [0.1, 0.15) is 0 Å². The van der Waals surface area contributed by atoms with Gasteiger partial charge in [-0.05, 0) is 23.9 Å². The molecule has 1 aliphatic heterocycles. The Hall–Kier alpha value is -0.440. The van der Waals surface area contributed by atoms with Gasteiger partial charge in [0.15, 0.2) is 0 Å². The molecule has 1 saturated heterocycles. The lowest BCUT2D eigenvalue weighted by Gasteiger charge is -2.32. The van der Waals surface area contributed by atoms with E-state index in [4.69, 9.17) is 11.8 Å². The van der Waals surface area contributed by atoms with Crippen LogP contribution in [0.2, 0.25) is 0 Å². The molecule has 0 aliphatic carbocycles. The molecular formula is C10H14Cl2N2. The third-order valence-corrected chi connectivity index (χ3v) is 2.68. The standard InChI is InChI=1S/C10H13ClN2.ClH/c11-13-8-6-12(7-9-13)10-4-2-1-3-5-10;/h1-5H,6-9H2;1H. The van der Waals surface area contributed by atoms with Crippen molar-refractivity contribution in [2.75, 3.05) is 31.1 Å². The molecule has 0 N–H and O–H groups in total. The first kappa shape index (κ1) is 11.6. The number of para-hydroxylation sites is 1. The topological polar surface area (TPSA) is 6.48 Å². The fourth-order valence-corrected chi connectivity index (χ4v) is 1.73. The van der Waals surface area contributed by atoms with Crippen LogP contribution >= 0.6 is 24.2 Å². The third kappa shape index (κ3) is 2.77. The van der Waals surface area contributed by atoms with Crippen molar-refractivity contribution in [1.29, 1.82) is 0 Å². The van der Waals surface area contributed by atoms with Crippen LogP contribution in [0.15, 0.2) is 30.3 Å². The van der Waals surface area contributed by atoms with Gasteiger partial charge < -0.3 is 4.90 Å². The van der Waals surface area contributed by atoms with Crippen molar-refractivity contribution in [3.05, 3.63) is 30.3 Å². The zero-order valence-corrected chi connectivity index (χ0v) is 9.47. The second-order valence-electron chi connectivity index (χ2n) is 3.23. The summed E-state index contributed by atoms with van der Waals surface area (Å²) in [5.41, 5.74) is 1.30. The normalized spacial score (nSPS) is 17.6. The molecule has 1 heterocycles. The smallest absolute Gasteiger partial charge is 0.0367 e. The molecule has 0 unspecified atom stereocenters. The molecule has 2 nitrogen and oxygen atoms in total. The Morgan fingerprint density at radius 1 is 0.929 bits per heavy atom. The van der Waals surface area contributed by atoms with Gasteiger partial charge in [-0.1, -0.05) is 18.2 Å². The maximum atomic E-state index is 5.88. The van der Waals surface area contributed by atoms with Crippen LogP contribution in [0.5, 0.6) is 0 Å². The summed E-state index contributed by atoms with van der Waals surface area (Å²) in [5, 5.41) is 0. The average Bonchev–Trinajstić information content (AvgIpc) is 2.20. The van der Waals surface area contributed by atoms with Crippen LogP contribution in [0.25, 0.3) is 0 Å². The Balaban J connectivity index is 0.000000980. The Morgan fingerprint density at radius 3 is 2.07 bits per heavy atom. The first-order chi connectivity index (χ1) is 6.36. The number of nitrogens with zero attached hydrogens (tertiary/aromatic N) is 2. The summed E-state index contributed by atoms with van der Waals surface area (Å²) in [6, 6.07) is 10.5. The Kier molecular flexibility index (Phi) is 4.52. The maximum absolute atomic E-state index is 5.88. The Labute approximate surface area is 96.0 Å². The minimum Gasteiger partial charge on any atom is -0.369 e. The van der Waals surface area contributed by atoms with Crippen LogP contribution in [-0.2, 0) is 0 Å². The SMILES string of the molecule is Cl.ClN1CCN(c2ccccc2)CC1. The van der Waals surface area contributed by atoms with Crippen LogP contribution in [0.1, 0.15) is 0 Å². The van der Waals surface area contributed by atoms with Crippen LogP contribution in [0, 0.1) is 0 Å². The molecule has 1 aromatic carbocycles. The average molecular weight is 233 g/mol. The predicted molar refractivity (Wildman–Crippen MR) is 63.3 cm³/mol. The monoisotopic (exact) mass is 232 g/mol. The molecule has 0 saturated carbocycles. The molecule has 0 atom stereocenters. The van der Waals surface area contributed by atoms with Gasteiger partial charge in [-0.2, -0.15) is 0 Å². The highest BCUT2D eigenvalue weighted by atomic mass is 35.5. The quantitative estimate of drug-likeness (QED) is 0.687. The van der Waals surface area contributed by atoms with Crippen molar-refractivity contribution >= 4 is 29.9 Å². The van der Waals surface area contributed by atoms with E-state index in [1.807, 2.05) is 10.5 Å². The van der Waals surface area contributed by atoms with Crippen LogP contribution in [0.4, 0.5) is 5.69 Å². The highest BCUT2D eigenvalue weighted by molar-refractivity contribution is 6.13. The molecule has 14 heavy (non-hydrogen) atoms. The van der Waals surface area contributed by atoms with Crippen molar-refractivity contribution in [3.63, 3.8) is 0 Å². The molecular weight excluding hydrogens is 219 g/mol. The van der Waals surface area contributed by atoms with E-state index >= 15 is 0 Å². The number of benzene rings is 1. The van der Waals surface area contributed by atoms with E-state index in [2.05, 4.69) is 29.2 Å². The molecule has 0 amide bonds. The summed E-state index contributed by atoms with van der Waals surface area (Å²) >= 11 is 5.88. The number of rotatable bonds is 1. The first-order valence-corrected chi connectivity index (χ1v) is 4.91. The zero-order chi connectivity index (χ0) is 9.10. The highest BCUT2D eigenvalue weighted by Gasteiger charge is 2.14. The number of halogens is 2. The summed E-state index contributed by atoms with van der Waals surface area (Å²) in [4.78, 5) is 2.36. The third-order valence-electron chi connectivity index (χ3n) is 2.35. The molecule has 2 rings (SSSR count). The highest BCUT2D eigenvalue weighted by Crippen LogP contribution is 2.15. The van der Waals surface area contributed by atoms with Gasteiger partial charge >= 0.3 is 0 Å². The van der Waals surface area contributed by atoms with Crippen LogP contribution in [0.3, 0.4) is 0 Å². The second-order valence-corrected chi connectivity index (χ2v) is 3.71. The fourth-order valence-electron chi connectivity index (χ4n) is 1.58. The molecule has 4 heteroatoms. The van der Waals surface area contributed by atoms with Crippen molar-refractivity contribution in [2.45, 2.75) is 0 Å². The maximum Gasteiger partial charge on any atom is 0.0367 e. The van der Waals surface area contributed by atoms with E-state index in [-0.39, 0.29) is 12.4 Å². The zero-order valence-electron chi connectivity index (χ0n) is 7.90. The molecule has 1 aliphatic rings. The molecule has 78 valence electrons. The largest absolute Gasteiger partial charge is 0.369 e.